The zero-order chi connectivity index (χ0) is 23.4. The summed E-state index contributed by atoms with van der Waals surface area (Å²) < 4.78 is 46.9. The Labute approximate surface area is 190 Å². The molecule has 0 saturated carbocycles. The van der Waals surface area contributed by atoms with Crippen LogP contribution in [-0.4, -0.2) is 51.0 Å². The van der Waals surface area contributed by atoms with Crippen LogP contribution in [0.4, 0.5) is 15.8 Å². The van der Waals surface area contributed by atoms with E-state index in [1.54, 1.807) is 30.5 Å². The molecular formula is C22H23FN4O5S. The van der Waals surface area contributed by atoms with E-state index in [0.717, 1.165) is 17.8 Å². The summed E-state index contributed by atoms with van der Waals surface area (Å²) in [7, 11) is -3.87. The molecule has 1 fully saturated rings. The average Bonchev–Trinajstić information content (AvgIpc) is 3.35. The number of nitrogens with zero attached hydrogens (tertiary/aromatic N) is 3. The van der Waals surface area contributed by atoms with E-state index in [0.29, 0.717) is 31.9 Å². The van der Waals surface area contributed by atoms with Gasteiger partial charge in [0, 0.05) is 50.5 Å². The van der Waals surface area contributed by atoms with Gasteiger partial charge >= 0.3 is 0 Å². The van der Waals surface area contributed by atoms with Gasteiger partial charge in [0.1, 0.15) is 11.6 Å². The fourth-order valence-corrected chi connectivity index (χ4v) is 4.89. The molecule has 1 aliphatic heterocycles. The fraction of sp³-hybridized carbons (Fsp3) is 0.273. The first-order chi connectivity index (χ1) is 15.8. The summed E-state index contributed by atoms with van der Waals surface area (Å²) in [4.78, 5) is 14.5. The van der Waals surface area contributed by atoms with Crippen molar-refractivity contribution in [2.75, 3.05) is 37.6 Å². The molecule has 2 heterocycles. The molecule has 3 aromatic rings. The largest absolute Gasteiger partial charge is 0.468 e. The SMILES string of the molecule is O=[N+]([O-])c1ccc(S(=O)(=O)NC[C@@H](c2ccco2)N2CCN(c3ccc(F)cc3)CC2)cc1. The number of rotatable bonds is 8. The van der Waals surface area contributed by atoms with E-state index in [4.69, 9.17) is 4.42 Å². The van der Waals surface area contributed by atoms with Crippen molar-refractivity contribution in [2.45, 2.75) is 10.9 Å². The molecule has 0 amide bonds. The number of sulfonamides is 1. The molecule has 1 N–H and O–H groups in total. The molecule has 11 heteroatoms. The maximum Gasteiger partial charge on any atom is 0.269 e. The Morgan fingerprint density at radius 1 is 1.03 bits per heavy atom. The third-order valence-corrected chi connectivity index (χ3v) is 7.08. The van der Waals surface area contributed by atoms with Gasteiger partial charge in [-0.3, -0.25) is 15.0 Å². The third-order valence-electron chi connectivity index (χ3n) is 5.64. The van der Waals surface area contributed by atoms with E-state index in [1.807, 2.05) is 0 Å². The lowest BCUT2D eigenvalue weighted by Crippen LogP contribution is -2.49. The van der Waals surface area contributed by atoms with Gasteiger partial charge in [0.2, 0.25) is 10.0 Å². The van der Waals surface area contributed by atoms with Crippen LogP contribution in [0.1, 0.15) is 11.8 Å². The molecule has 1 aliphatic rings. The standard InChI is InChI=1S/C22H23FN4O5S/c23-17-3-5-18(6-4-17)25-11-13-26(14-12-25)21(22-2-1-15-32-22)16-24-33(30,31)20-9-7-19(8-10-20)27(28)29/h1-10,15,21,24H,11-14,16H2/t21-/m0/s1. The molecule has 2 aromatic carbocycles. The number of halogens is 1. The molecule has 0 unspecified atom stereocenters. The predicted molar refractivity (Wildman–Crippen MR) is 120 cm³/mol. The van der Waals surface area contributed by atoms with Crippen molar-refractivity contribution in [2.24, 2.45) is 0 Å². The first-order valence-electron chi connectivity index (χ1n) is 10.4. The minimum absolute atomic E-state index is 0.0487. The van der Waals surface area contributed by atoms with E-state index in [1.165, 1.54) is 24.3 Å². The number of piperazine rings is 1. The van der Waals surface area contributed by atoms with Crippen molar-refractivity contribution >= 4 is 21.4 Å². The smallest absolute Gasteiger partial charge is 0.269 e. The molecule has 0 bridgehead atoms. The normalized spacial score (nSPS) is 16.0. The first-order valence-corrected chi connectivity index (χ1v) is 11.8. The highest BCUT2D eigenvalue weighted by atomic mass is 32.2. The van der Waals surface area contributed by atoms with E-state index < -0.39 is 14.9 Å². The van der Waals surface area contributed by atoms with Crippen LogP contribution in [0.2, 0.25) is 0 Å². The number of hydrogen-bond donors (Lipinski definition) is 1. The monoisotopic (exact) mass is 474 g/mol. The number of non-ortho nitro benzene ring substituents is 1. The molecule has 9 nitrogen and oxygen atoms in total. The number of benzene rings is 2. The van der Waals surface area contributed by atoms with Gasteiger partial charge < -0.3 is 9.32 Å². The van der Waals surface area contributed by atoms with Crippen LogP contribution in [-0.2, 0) is 10.0 Å². The van der Waals surface area contributed by atoms with Crippen molar-refractivity contribution < 1.29 is 22.1 Å². The maximum atomic E-state index is 13.2. The lowest BCUT2D eigenvalue weighted by atomic mass is 10.1. The van der Waals surface area contributed by atoms with Crippen LogP contribution in [0.25, 0.3) is 0 Å². The van der Waals surface area contributed by atoms with Gasteiger partial charge in [-0.2, -0.15) is 0 Å². The average molecular weight is 475 g/mol. The zero-order valence-electron chi connectivity index (χ0n) is 17.6. The topological polar surface area (TPSA) is 109 Å². The molecule has 1 aromatic heterocycles. The van der Waals surface area contributed by atoms with Crippen LogP contribution in [0, 0.1) is 15.9 Å². The van der Waals surface area contributed by atoms with Crippen molar-refractivity contribution in [3.05, 3.63) is 88.6 Å². The Morgan fingerprint density at radius 2 is 1.70 bits per heavy atom. The Kier molecular flexibility index (Phi) is 6.72. The van der Waals surface area contributed by atoms with Gasteiger partial charge in [-0.05, 0) is 48.5 Å². The maximum absolute atomic E-state index is 13.2. The van der Waals surface area contributed by atoms with Crippen LogP contribution in [0.5, 0.6) is 0 Å². The minimum atomic E-state index is -3.87. The second kappa shape index (κ2) is 9.69. The van der Waals surface area contributed by atoms with Gasteiger partial charge in [-0.15, -0.1) is 0 Å². The molecule has 0 spiro atoms. The summed E-state index contributed by atoms with van der Waals surface area (Å²) in [6, 6.07) is 14.3. The van der Waals surface area contributed by atoms with E-state index in [-0.39, 0.29) is 29.0 Å². The van der Waals surface area contributed by atoms with E-state index in [9.17, 15) is 22.9 Å². The number of nitrogens with one attached hydrogen (secondary N) is 1. The van der Waals surface area contributed by atoms with E-state index in [2.05, 4.69) is 14.5 Å². The molecular weight excluding hydrogens is 451 g/mol. The molecule has 33 heavy (non-hydrogen) atoms. The number of anilines is 1. The zero-order valence-corrected chi connectivity index (χ0v) is 18.4. The Morgan fingerprint density at radius 3 is 2.27 bits per heavy atom. The number of nitro benzene ring substituents is 1. The van der Waals surface area contributed by atoms with Gasteiger partial charge in [0.05, 0.1) is 22.1 Å². The summed E-state index contributed by atoms with van der Waals surface area (Å²) in [5.41, 5.74) is 0.755. The van der Waals surface area contributed by atoms with Gasteiger partial charge in [0.15, 0.2) is 0 Å². The molecule has 0 aliphatic carbocycles. The minimum Gasteiger partial charge on any atom is -0.468 e. The van der Waals surface area contributed by atoms with E-state index >= 15 is 0 Å². The van der Waals surface area contributed by atoms with Gasteiger partial charge in [-0.1, -0.05) is 0 Å². The number of furan rings is 1. The van der Waals surface area contributed by atoms with Gasteiger partial charge in [-0.25, -0.2) is 17.5 Å². The van der Waals surface area contributed by atoms with Crippen molar-refractivity contribution in [3.63, 3.8) is 0 Å². The summed E-state index contributed by atoms with van der Waals surface area (Å²) in [6.45, 7) is 2.77. The van der Waals surface area contributed by atoms with Crippen LogP contribution in [0.15, 0.2) is 76.2 Å². The van der Waals surface area contributed by atoms with Crippen molar-refractivity contribution in [1.82, 2.24) is 9.62 Å². The molecule has 0 radical (unpaired) electrons. The molecule has 1 saturated heterocycles. The van der Waals surface area contributed by atoms with Crippen LogP contribution < -0.4 is 9.62 Å². The van der Waals surface area contributed by atoms with Crippen LogP contribution >= 0.6 is 0 Å². The summed E-state index contributed by atoms with van der Waals surface area (Å²) in [5.74, 6) is 0.354. The quantitative estimate of drug-likeness (QED) is 0.395. The number of nitro groups is 1. The highest BCUT2D eigenvalue weighted by Crippen LogP contribution is 2.25. The van der Waals surface area contributed by atoms with Crippen LogP contribution in [0.3, 0.4) is 0 Å². The summed E-state index contributed by atoms with van der Waals surface area (Å²) in [6.07, 6.45) is 1.54. The van der Waals surface area contributed by atoms with Crippen molar-refractivity contribution in [1.29, 1.82) is 0 Å². The summed E-state index contributed by atoms with van der Waals surface area (Å²) in [5, 5.41) is 10.8. The van der Waals surface area contributed by atoms with Gasteiger partial charge in [0.25, 0.3) is 5.69 Å². The summed E-state index contributed by atoms with van der Waals surface area (Å²) >= 11 is 0. The fourth-order valence-electron chi connectivity index (χ4n) is 3.85. The lowest BCUT2D eigenvalue weighted by Gasteiger charge is -2.39. The Balaban J connectivity index is 1.44. The second-order valence-corrected chi connectivity index (χ2v) is 9.40. The molecule has 1 atom stereocenters. The molecule has 4 rings (SSSR count). The highest BCUT2D eigenvalue weighted by Gasteiger charge is 2.29. The van der Waals surface area contributed by atoms with Crippen molar-refractivity contribution in [3.8, 4) is 0 Å². The Hall–Kier alpha value is -3.28. The first kappa shape index (κ1) is 22.9. The highest BCUT2D eigenvalue weighted by molar-refractivity contribution is 7.89. The second-order valence-electron chi connectivity index (χ2n) is 7.63. The molecule has 174 valence electrons. The predicted octanol–water partition coefficient (Wildman–Crippen LogP) is 3.17. The Bertz CT molecular complexity index is 1180. The number of hydrogen-bond acceptors (Lipinski definition) is 7. The third kappa shape index (κ3) is 5.38. The lowest BCUT2D eigenvalue weighted by molar-refractivity contribution is -0.384.